The molecule has 0 rings (SSSR count). The highest BCUT2D eigenvalue weighted by molar-refractivity contribution is 8.05. The summed E-state index contributed by atoms with van der Waals surface area (Å²) in [6, 6.07) is 0. The van der Waals surface area contributed by atoms with Gasteiger partial charge in [0, 0.05) is 34.5 Å². The lowest BCUT2D eigenvalue weighted by atomic mass is 10.9. The monoisotopic (exact) mass is 254 g/mol. The molecule has 0 saturated heterocycles. The van der Waals surface area contributed by atoms with E-state index in [0.29, 0.717) is 0 Å². The van der Waals surface area contributed by atoms with Crippen LogP contribution in [0.3, 0.4) is 0 Å². The van der Waals surface area contributed by atoms with Gasteiger partial charge in [0.25, 0.3) is 0 Å². The highest BCUT2D eigenvalue weighted by Gasteiger charge is 1.90. The minimum Gasteiger partial charge on any atom is -0.165 e. The summed E-state index contributed by atoms with van der Waals surface area (Å²) >= 11 is 7.88. The van der Waals surface area contributed by atoms with E-state index >= 15 is 0 Å². The molecular formula is C9H18S4. The molecule has 0 heterocycles. The molecule has 0 unspecified atom stereocenters. The second-order valence-electron chi connectivity index (χ2n) is 2.26. The second kappa shape index (κ2) is 13.1. The molecule has 0 aromatic heterocycles. The van der Waals surface area contributed by atoms with E-state index in [-0.39, 0.29) is 0 Å². The Morgan fingerprint density at radius 1 is 0.923 bits per heavy atom. The van der Waals surface area contributed by atoms with Crippen LogP contribution in [0.25, 0.3) is 0 Å². The van der Waals surface area contributed by atoms with Gasteiger partial charge in [-0.1, -0.05) is 6.58 Å². The molecule has 0 aliphatic rings. The summed E-state index contributed by atoms with van der Waals surface area (Å²) in [5.74, 6) is 7.69. The maximum absolute atomic E-state index is 3.68. The molecule has 0 saturated carbocycles. The number of rotatable bonds is 10. The first-order valence-electron chi connectivity index (χ1n) is 4.28. The van der Waals surface area contributed by atoms with Crippen LogP contribution in [0.1, 0.15) is 0 Å². The Labute approximate surface area is 99.5 Å². The Balaban J connectivity index is 2.79. The zero-order valence-electron chi connectivity index (χ0n) is 8.16. The lowest BCUT2D eigenvalue weighted by molar-refractivity contribution is 1.47. The first-order chi connectivity index (χ1) is 6.41. The van der Waals surface area contributed by atoms with Crippen LogP contribution in [0.2, 0.25) is 0 Å². The average Bonchev–Trinajstić information content (AvgIpc) is 2.16. The zero-order valence-corrected chi connectivity index (χ0v) is 11.4. The number of hydrogen-bond acceptors (Lipinski definition) is 4. The van der Waals surface area contributed by atoms with Crippen molar-refractivity contribution in [2.75, 3.05) is 40.8 Å². The van der Waals surface area contributed by atoms with E-state index in [4.69, 9.17) is 0 Å². The summed E-state index contributed by atoms with van der Waals surface area (Å²) in [5.41, 5.74) is 0. The first-order valence-corrected chi connectivity index (χ1v) is 9.04. The smallest absolute Gasteiger partial charge is 0.00649 e. The van der Waals surface area contributed by atoms with Crippen LogP contribution in [-0.2, 0) is 0 Å². The molecule has 4 heteroatoms. The van der Waals surface area contributed by atoms with E-state index in [9.17, 15) is 0 Å². The van der Waals surface area contributed by atoms with Crippen LogP contribution < -0.4 is 0 Å². The van der Waals surface area contributed by atoms with E-state index in [0.717, 1.165) is 0 Å². The molecule has 0 amide bonds. The second-order valence-corrected chi connectivity index (χ2v) is 6.77. The van der Waals surface area contributed by atoms with Crippen LogP contribution in [0.4, 0.5) is 0 Å². The molecule has 0 spiro atoms. The largest absolute Gasteiger partial charge is 0.165 e. The Kier molecular flexibility index (Phi) is 14.3. The molecular weight excluding hydrogens is 236 g/mol. The van der Waals surface area contributed by atoms with Crippen molar-refractivity contribution < 1.29 is 0 Å². The summed E-state index contributed by atoms with van der Waals surface area (Å²) in [4.78, 5) is 0. The Hall–Kier alpha value is 1.14. The van der Waals surface area contributed by atoms with E-state index in [1.54, 1.807) is 0 Å². The highest BCUT2D eigenvalue weighted by Crippen LogP contribution is 2.11. The van der Waals surface area contributed by atoms with E-state index in [1.807, 2.05) is 28.9 Å². The molecule has 0 aliphatic carbocycles. The van der Waals surface area contributed by atoms with E-state index in [1.165, 1.54) is 34.5 Å². The molecule has 0 N–H and O–H groups in total. The van der Waals surface area contributed by atoms with Gasteiger partial charge >= 0.3 is 0 Å². The van der Waals surface area contributed by atoms with Crippen molar-refractivity contribution in [3.8, 4) is 0 Å². The maximum Gasteiger partial charge on any atom is 0.00649 e. The molecule has 0 radical (unpaired) electrons. The third-order valence-corrected chi connectivity index (χ3v) is 5.30. The van der Waals surface area contributed by atoms with Gasteiger partial charge in [-0.15, -0.1) is 11.8 Å². The third-order valence-electron chi connectivity index (χ3n) is 1.27. The Morgan fingerprint density at radius 3 is 2.00 bits per heavy atom. The molecule has 0 atom stereocenters. The van der Waals surface area contributed by atoms with Crippen LogP contribution >= 0.6 is 47.0 Å². The molecule has 0 aromatic rings. The molecule has 78 valence electrons. The van der Waals surface area contributed by atoms with Crippen LogP contribution in [0.5, 0.6) is 0 Å². The third kappa shape index (κ3) is 13.1. The fourth-order valence-corrected chi connectivity index (χ4v) is 4.17. The average molecular weight is 255 g/mol. The van der Waals surface area contributed by atoms with Gasteiger partial charge in [-0.3, -0.25) is 0 Å². The van der Waals surface area contributed by atoms with Crippen molar-refractivity contribution in [1.82, 2.24) is 0 Å². The van der Waals surface area contributed by atoms with Crippen molar-refractivity contribution in [3.05, 3.63) is 12.0 Å². The summed E-state index contributed by atoms with van der Waals surface area (Å²) in [6.07, 6.45) is 2.17. The molecule has 13 heavy (non-hydrogen) atoms. The van der Waals surface area contributed by atoms with Gasteiger partial charge in [0.2, 0.25) is 0 Å². The normalized spacial score (nSPS) is 10.2. The van der Waals surface area contributed by atoms with Gasteiger partial charge in [0.15, 0.2) is 0 Å². The van der Waals surface area contributed by atoms with Crippen molar-refractivity contribution in [3.63, 3.8) is 0 Å². The molecule has 0 aliphatic heterocycles. The predicted octanol–water partition coefficient (Wildman–Crippen LogP) is 3.69. The molecule has 0 fully saturated rings. The SMILES string of the molecule is C=CSCCSCCSCCSC. The van der Waals surface area contributed by atoms with Crippen LogP contribution in [0.15, 0.2) is 12.0 Å². The standard InChI is InChI=1S/C9H18S4/c1-3-11-6-7-13-9-8-12-5-4-10-2/h3H,1,4-9H2,2H3. The lowest BCUT2D eigenvalue weighted by Crippen LogP contribution is -1.91. The first kappa shape index (κ1) is 14.1. The van der Waals surface area contributed by atoms with Gasteiger partial charge in [0.05, 0.1) is 0 Å². The zero-order chi connectivity index (χ0) is 9.78. The number of thioether (sulfide) groups is 4. The Bertz CT molecular complexity index is 106. The van der Waals surface area contributed by atoms with Crippen molar-refractivity contribution in [1.29, 1.82) is 0 Å². The summed E-state index contributed by atoms with van der Waals surface area (Å²) < 4.78 is 0. The van der Waals surface area contributed by atoms with Gasteiger partial charge in [0.1, 0.15) is 0 Å². The Morgan fingerprint density at radius 2 is 1.46 bits per heavy atom. The fourth-order valence-electron chi connectivity index (χ4n) is 0.655. The fraction of sp³-hybridized carbons (Fsp3) is 0.778. The van der Waals surface area contributed by atoms with Crippen molar-refractivity contribution in [2.45, 2.75) is 0 Å². The minimum atomic E-state index is 1.21. The molecule has 0 nitrogen and oxygen atoms in total. The molecule has 0 aromatic carbocycles. The van der Waals surface area contributed by atoms with Gasteiger partial charge in [-0.25, -0.2) is 0 Å². The summed E-state index contributed by atoms with van der Waals surface area (Å²) in [7, 11) is 0. The summed E-state index contributed by atoms with van der Waals surface area (Å²) in [5, 5.41) is 1.92. The lowest BCUT2D eigenvalue weighted by Gasteiger charge is -2.00. The highest BCUT2D eigenvalue weighted by atomic mass is 32.2. The van der Waals surface area contributed by atoms with Crippen molar-refractivity contribution in [2.24, 2.45) is 0 Å². The van der Waals surface area contributed by atoms with Gasteiger partial charge in [-0.2, -0.15) is 35.3 Å². The van der Waals surface area contributed by atoms with Crippen LogP contribution in [0, 0.1) is 0 Å². The quantitative estimate of drug-likeness (QED) is 0.545. The maximum atomic E-state index is 3.68. The van der Waals surface area contributed by atoms with Gasteiger partial charge in [-0.05, 0) is 11.7 Å². The van der Waals surface area contributed by atoms with E-state index in [2.05, 4.69) is 36.4 Å². The van der Waals surface area contributed by atoms with E-state index < -0.39 is 0 Å². The van der Waals surface area contributed by atoms with Crippen molar-refractivity contribution >= 4 is 47.0 Å². The minimum absolute atomic E-state index is 1.21. The summed E-state index contributed by atoms with van der Waals surface area (Å²) in [6.45, 7) is 3.68. The van der Waals surface area contributed by atoms with Gasteiger partial charge < -0.3 is 0 Å². The van der Waals surface area contributed by atoms with Crippen LogP contribution in [-0.4, -0.2) is 40.8 Å². The topological polar surface area (TPSA) is 0 Å². The predicted molar refractivity (Wildman–Crippen MR) is 75.7 cm³/mol. The molecule has 0 bridgehead atoms. The number of hydrogen-bond donors (Lipinski definition) is 0.